The fourth-order valence-corrected chi connectivity index (χ4v) is 1.98. The Balaban J connectivity index is 2.77. The standard InChI is InChI=1S/C14H20F3N3O/c1-3-20(9-14(15,16)17)10(2)13(21)19-12-7-5-4-6-11(12)8-18/h4-7,10H,3,8-9,18H2,1-2H3,(H,19,21). The lowest BCUT2D eigenvalue weighted by Gasteiger charge is -2.27. The Labute approximate surface area is 122 Å². The van der Waals surface area contributed by atoms with Crippen LogP contribution in [0.2, 0.25) is 0 Å². The van der Waals surface area contributed by atoms with E-state index < -0.39 is 24.7 Å². The van der Waals surface area contributed by atoms with Crippen molar-refractivity contribution in [3.63, 3.8) is 0 Å². The van der Waals surface area contributed by atoms with E-state index in [2.05, 4.69) is 5.32 Å². The molecule has 1 atom stereocenters. The van der Waals surface area contributed by atoms with Gasteiger partial charge in [-0.3, -0.25) is 9.69 Å². The van der Waals surface area contributed by atoms with E-state index in [-0.39, 0.29) is 13.1 Å². The molecule has 0 radical (unpaired) electrons. The summed E-state index contributed by atoms with van der Waals surface area (Å²) in [5, 5.41) is 2.63. The third-order valence-electron chi connectivity index (χ3n) is 3.21. The van der Waals surface area contributed by atoms with Crippen molar-refractivity contribution in [3.8, 4) is 0 Å². The van der Waals surface area contributed by atoms with E-state index in [1.165, 1.54) is 6.92 Å². The maximum absolute atomic E-state index is 12.5. The van der Waals surface area contributed by atoms with Crippen LogP contribution in [0.3, 0.4) is 0 Å². The second kappa shape index (κ2) is 7.42. The summed E-state index contributed by atoms with van der Waals surface area (Å²) in [6, 6.07) is 6.05. The van der Waals surface area contributed by atoms with Crippen molar-refractivity contribution >= 4 is 11.6 Å². The molecule has 0 aromatic heterocycles. The van der Waals surface area contributed by atoms with Gasteiger partial charge in [0.15, 0.2) is 0 Å². The number of rotatable bonds is 6. The van der Waals surface area contributed by atoms with E-state index in [9.17, 15) is 18.0 Å². The Morgan fingerprint density at radius 3 is 2.52 bits per heavy atom. The van der Waals surface area contributed by atoms with Crippen molar-refractivity contribution in [1.82, 2.24) is 4.90 Å². The van der Waals surface area contributed by atoms with Crippen molar-refractivity contribution in [2.24, 2.45) is 5.73 Å². The number of halogens is 3. The molecule has 1 amide bonds. The number of hydrogen-bond donors (Lipinski definition) is 2. The third kappa shape index (κ3) is 5.35. The normalized spacial score (nSPS) is 13.3. The van der Waals surface area contributed by atoms with E-state index in [1.54, 1.807) is 31.2 Å². The number of anilines is 1. The number of para-hydroxylation sites is 1. The zero-order valence-electron chi connectivity index (χ0n) is 12.1. The SMILES string of the molecule is CCN(CC(F)(F)F)C(C)C(=O)Nc1ccccc1CN. The maximum atomic E-state index is 12.5. The number of carbonyl (C=O) groups excluding carboxylic acids is 1. The first-order valence-corrected chi connectivity index (χ1v) is 6.68. The third-order valence-corrected chi connectivity index (χ3v) is 3.21. The van der Waals surface area contributed by atoms with Gasteiger partial charge in [-0.05, 0) is 25.1 Å². The molecule has 0 fully saturated rings. The van der Waals surface area contributed by atoms with Crippen LogP contribution >= 0.6 is 0 Å². The number of carbonyl (C=O) groups is 1. The van der Waals surface area contributed by atoms with Gasteiger partial charge in [-0.25, -0.2) is 0 Å². The monoisotopic (exact) mass is 303 g/mol. The number of alkyl halides is 3. The number of nitrogens with one attached hydrogen (secondary N) is 1. The van der Waals surface area contributed by atoms with Gasteiger partial charge in [-0.1, -0.05) is 25.1 Å². The number of benzene rings is 1. The van der Waals surface area contributed by atoms with Crippen molar-refractivity contribution in [2.45, 2.75) is 32.6 Å². The van der Waals surface area contributed by atoms with Gasteiger partial charge in [-0.2, -0.15) is 13.2 Å². The van der Waals surface area contributed by atoms with Gasteiger partial charge in [0.2, 0.25) is 5.91 Å². The first-order valence-electron chi connectivity index (χ1n) is 6.68. The number of nitrogens with zero attached hydrogens (tertiary/aromatic N) is 1. The predicted octanol–water partition coefficient (Wildman–Crippen LogP) is 2.36. The molecule has 0 heterocycles. The lowest BCUT2D eigenvalue weighted by molar-refractivity contribution is -0.152. The summed E-state index contributed by atoms with van der Waals surface area (Å²) in [5.74, 6) is -0.484. The Morgan fingerprint density at radius 1 is 1.38 bits per heavy atom. The van der Waals surface area contributed by atoms with Gasteiger partial charge >= 0.3 is 6.18 Å². The lowest BCUT2D eigenvalue weighted by Crippen LogP contribution is -2.46. The van der Waals surface area contributed by atoms with Gasteiger partial charge in [0, 0.05) is 12.2 Å². The highest BCUT2D eigenvalue weighted by Crippen LogP contribution is 2.19. The molecule has 0 aliphatic rings. The summed E-state index contributed by atoms with van der Waals surface area (Å²) in [6.45, 7) is 2.30. The first kappa shape index (κ1) is 17.5. The van der Waals surface area contributed by atoms with Crippen molar-refractivity contribution < 1.29 is 18.0 Å². The number of amides is 1. The Kier molecular flexibility index (Phi) is 6.17. The first-order chi connectivity index (χ1) is 9.78. The molecular weight excluding hydrogens is 283 g/mol. The number of likely N-dealkylation sites (N-methyl/N-ethyl adjacent to an activating group) is 1. The summed E-state index contributed by atoms with van der Waals surface area (Å²) < 4.78 is 37.4. The molecule has 0 saturated carbocycles. The van der Waals surface area contributed by atoms with Crippen LogP contribution in [0, 0.1) is 0 Å². The predicted molar refractivity (Wildman–Crippen MR) is 75.7 cm³/mol. The molecule has 0 spiro atoms. The number of hydrogen-bond acceptors (Lipinski definition) is 3. The van der Waals surface area contributed by atoms with E-state index in [4.69, 9.17) is 5.73 Å². The van der Waals surface area contributed by atoms with E-state index >= 15 is 0 Å². The van der Waals surface area contributed by atoms with Gasteiger partial charge in [0.1, 0.15) is 0 Å². The highest BCUT2D eigenvalue weighted by molar-refractivity contribution is 5.95. The highest BCUT2D eigenvalue weighted by Gasteiger charge is 2.34. The fraction of sp³-hybridized carbons (Fsp3) is 0.500. The molecular formula is C14H20F3N3O. The minimum absolute atomic E-state index is 0.132. The maximum Gasteiger partial charge on any atom is 0.401 e. The Hall–Kier alpha value is -1.60. The molecule has 1 unspecified atom stereocenters. The minimum atomic E-state index is -4.33. The Bertz CT molecular complexity index is 477. The fourth-order valence-electron chi connectivity index (χ4n) is 1.98. The van der Waals surface area contributed by atoms with Crippen LogP contribution in [-0.4, -0.2) is 36.1 Å². The van der Waals surface area contributed by atoms with Crippen LogP contribution in [0.25, 0.3) is 0 Å². The summed E-state index contributed by atoms with van der Waals surface area (Å²) >= 11 is 0. The van der Waals surface area contributed by atoms with Crippen LogP contribution in [0.15, 0.2) is 24.3 Å². The summed E-state index contributed by atoms with van der Waals surface area (Å²) in [5.41, 5.74) is 6.82. The smallest absolute Gasteiger partial charge is 0.326 e. The second-order valence-electron chi connectivity index (χ2n) is 4.70. The van der Waals surface area contributed by atoms with Gasteiger partial charge in [0.25, 0.3) is 0 Å². The van der Waals surface area contributed by atoms with Crippen LogP contribution in [-0.2, 0) is 11.3 Å². The quantitative estimate of drug-likeness (QED) is 0.848. The van der Waals surface area contributed by atoms with Crippen LogP contribution in [0.1, 0.15) is 19.4 Å². The Morgan fingerprint density at radius 2 is 2.00 bits per heavy atom. The molecule has 4 nitrogen and oxygen atoms in total. The molecule has 0 aliphatic heterocycles. The van der Waals surface area contributed by atoms with Crippen LogP contribution in [0.4, 0.5) is 18.9 Å². The molecule has 7 heteroatoms. The van der Waals surface area contributed by atoms with Gasteiger partial charge < -0.3 is 11.1 Å². The van der Waals surface area contributed by atoms with Gasteiger partial charge in [0.05, 0.1) is 12.6 Å². The minimum Gasteiger partial charge on any atom is -0.326 e. The highest BCUT2D eigenvalue weighted by atomic mass is 19.4. The van der Waals surface area contributed by atoms with Crippen molar-refractivity contribution in [3.05, 3.63) is 29.8 Å². The second-order valence-corrected chi connectivity index (χ2v) is 4.70. The molecule has 0 saturated heterocycles. The lowest BCUT2D eigenvalue weighted by atomic mass is 10.1. The molecule has 0 bridgehead atoms. The van der Waals surface area contributed by atoms with E-state index in [0.717, 1.165) is 10.5 Å². The summed E-state index contributed by atoms with van der Waals surface area (Å²) in [4.78, 5) is 13.2. The molecule has 3 N–H and O–H groups in total. The average Bonchev–Trinajstić information content (AvgIpc) is 2.43. The topological polar surface area (TPSA) is 58.4 Å². The van der Waals surface area contributed by atoms with Crippen molar-refractivity contribution in [2.75, 3.05) is 18.4 Å². The molecule has 118 valence electrons. The molecule has 1 aromatic carbocycles. The van der Waals surface area contributed by atoms with E-state index in [1.807, 2.05) is 0 Å². The molecule has 1 aromatic rings. The van der Waals surface area contributed by atoms with Gasteiger partial charge in [-0.15, -0.1) is 0 Å². The largest absolute Gasteiger partial charge is 0.401 e. The van der Waals surface area contributed by atoms with Crippen LogP contribution in [0.5, 0.6) is 0 Å². The summed E-state index contributed by atoms with van der Waals surface area (Å²) in [6.07, 6.45) is -4.33. The molecule has 21 heavy (non-hydrogen) atoms. The zero-order chi connectivity index (χ0) is 16.0. The zero-order valence-corrected chi connectivity index (χ0v) is 12.1. The number of nitrogens with two attached hydrogens (primary N) is 1. The van der Waals surface area contributed by atoms with Crippen LogP contribution < -0.4 is 11.1 Å². The average molecular weight is 303 g/mol. The van der Waals surface area contributed by atoms with E-state index in [0.29, 0.717) is 5.69 Å². The summed E-state index contributed by atoms with van der Waals surface area (Å²) in [7, 11) is 0. The molecule has 1 rings (SSSR count). The molecule has 0 aliphatic carbocycles. The van der Waals surface area contributed by atoms with Crippen molar-refractivity contribution in [1.29, 1.82) is 0 Å².